The number of halogens is 2. The number of benzene rings is 1. The minimum Gasteiger partial charge on any atom is -0.308 e. The lowest BCUT2D eigenvalue weighted by Crippen LogP contribution is -2.31. The lowest BCUT2D eigenvalue weighted by Gasteiger charge is -2.07. The first-order chi connectivity index (χ1) is 10.9. The Morgan fingerprint density at radius 3 is 2.83 bits per heavy atom. The van der Waals surface area contributed by atoms with Crippen molar-refractivity contribution in [3.63, 3.8) is 0 Å². The number of amidine groups is 1. The van der Waals surface area contributed by atoms with Gasteiger partial charge in [0.2, 0.25) is 0 Å². The number of nitrogens with one attached hydrogen (secondary N) is 2. The van der Waals surface area contributed by atoms with E-state index in [1.165, 1.54) is 6.07 Å². The highest BCUT2D eigenvalue weighted by atomic mass is 35.5. The van der Waals surface area contributed by atoms with Gasteiger partial charge < -0.3 is 10.7 Å². The van der Waals surface area contributed by atoms with Crippen LogP contribution in [0.5, 0.6) is 0 Å². The van der Waals surface area contributed by atoms with Gasteiger partial charge in [0, 0.05) is 23.0 Å². The summed E-state index contributed by atoms with van der Waals surface area (Å²) in [5, 5.41) is 6.97. The summed E-state index contributed by atoms with van der Waals surface area (Å²) in [5.74, 6) is -0.391. The number of hydrogen-bond donors (Lipinski definition) is 2. The zero-order chi connectivity index (χ0) is 17.0. The Morgan fingerprint density at radius 2 is 2.17 bits per heavy atom. The van der Waals surface area contributed by atoms with E-state index in [0.29, 0.717) is 28.6 Å². The van der Waals surface area contributed by atoms with Crippen molar-refractivity contribution in [2.24, 2.45) is 10.1 Å². The van der Waals surface area contributed by atoms with Crippen LogP contribution in [0.2, 0.25) is 5.02 Å². The fourth-order valence-electron chi connectivity index (χ4n) is 1.95. The lowest BCUT2D eigenvalue weighted by atomic mass is 10.1. The molecule has 1 amide bonds. The van der Waals surface area contributed by atoms with Crippen LogP contribution in [0.1, 0.15) is 32.8 Å². The van der Waals surface area contributed by atoms with Gasteiger partial charge in [-0.3, -0.25) is 4.79 Å². The average Bonchev–Trinajstić information content (AvgIpc) is 2.94. The van der Waals surface area contributed by atoms with Crippen molar-refractivity contribution in [2.45, 2.75) is 33.2 Å². The van der Waals surface area contributed by atoms with Gasteiger partial charge in [-0.1, -0.05) is 11.6 Å². The van der Waals surface area contributed by atoms with Gasteiger partial charge in [0.15, 0.2) is 0 Å². The minimum atomic E-state index is -0.454. The van der Waals surface area contributed by atoms with E-state index in [-0.39, 0.29) is 17.6 Å². The molecule has 122 valence electrons. The van der Waals surface area contributed by atoms with Crippen molar-refractivity contribution in [1.29, 1.82) is 0 Å². The molecular weight excluding hydrogens is 319 g/mol. The third-order valence-corrected chi connectivity index (χ3v) is 3.24. The first-order valence-corrected chi connectivity index (χ1v) is 7.59. The van der Waals surface area contributed by atoms with E-state index in [4.69, 9.17) is 11.6 Å². The largest absolute Gasteiger partial charge is 0.308 e. The Balaban J connectivity index is 2.06. The van der Waals surface area contributed by atoms with Crippen molar-refractivity contribution < 1.29 is 9.18 Å². The highest BCUT2D eigenvalue weighted by molar-refractivity contribution is 6.30. The first kappa shape index (κ1) is 17.1. The molecule has 0 aliphatic carbocycles. The topological polar surface area (TPSA) is 65.8 Å². The smallest absolute Gasteiger partial charge is 0.274 e. The molecule has 23 heavy (non-hydrogen) atoms. The van der Waals surface area contributed by atoms with E-state index in [9.17, 15) is 9.18 Å². The predicted molar refractivity (Wildman–Crippen MR) is 90.2 cm³/mol. The summed E-state index contributed by atoms with van der Waals surface area (Å²) >= 11 is 5.74. The molecule has 1 aliphatic rings. The molecule has 0 spiro atoms. The first-order valence-electron chi connectivity index (χ1n) is 7.21. The van der Waals surface area contributed by atoms with Gasteiger partial charge in [-0.05, 0) is 45.0 Å². The normalized spacial score (nSPS) is 14.6. The summed E-state index contributed by atoms with van der Waals surface area (Å²) in [6.45, 7) is 5.55. The Labute approximate surface area is 139 Å². The number of nitrogens with zero attached hydrogens (tertiary/aromatic N) is 2. The van der Waals surface area contributed by atoms with Gasteiger partial charge in [0.1, 0.15) is 17.3 Å². The zero-order valence-electron chi connectivity index (χ0n) is 13.2. The molecule has 1 heterocycles. The molecule has 2 rings (SSSR count). The van der Waals surface area contributed by atoms with Crippen molar-refractivity contribution in [2.75, 3.05) is 0 Å². The van der Waals surface area contributed by atoms with Gasteiger partial charge >= 0.3 is 0 Å². The Bertz CT molecular complexity index is 710. The van der Waals surface area contributed by atoms with Crippen LogP contribution in [-0.2, 0) is 4.79 Å². The monoisotopic (exact) mass is 336 g/mol. The van der Waals surface area contributed by atoms with E-state index in [1.54, 1.807) is 25.1 Å². The Kier molecular flexibility index (Phi) is 5.50. The van der Waals surface area contributed by atoms with Crippen LogP contribution < -0.4 is 10.7 Å². The molecule has 0 saturated carbocycles. The predicted octanol–water partition coefficient (Wildman–Crippen LogP) is 3.00. The number of hydrogen-bond acceptors (Lipinski definition) is 4. The zero-order valence-corrected chi connectivity index (χ0v) is 13.9. The average molecular weight is 337 g/mol. The third-order valence-electron chi connectivity index (χ3n) is 3.00. The molecule has 1 aliphatic heterocycles. The Hall–Kier alpha value is -2.21. The van der Waals surface area contributed by atoms with Gasteiger partial charge in [-0.25, -0.2) is 9.38 Å². The molecular formula is C16H18ClFN4O. The van der Waals surface area contributed by atoms with Gasteiger partial charge in [0.25, 0.3) is 5.91 Å². The fourth-order valence-corrected chi connectivity index (χ4v) is 2.11. The number of hydrazone groups is 1. The Morgan fingerprint density at radius 1 is 1.43 bits per heavy atom. The standard InChI is InChI=1S/C16H18ClFN4O/c1-9(2)21-22-10(3)19-16(23)15-7-6-14(20-15)12-5-4-11(17)8-13(12)18/h4-5,7-9,21H,6H2,1-3H3,(H,19,22,23). The molecule has 0 atom stereocenters. The SMILES string of the molecule is CC(=NNC(C)C)NC(=O)C1=CCC(c2ccc(Cl)cc2F)=N1. The fraction of sp³-hybridized carbons (Fsp3) is 0.312. The molecule has 0 saturated heterocycles. The second-order valence-electron chi connectivity index (χ2n) is 5.41. The number of aliphatic imine (C=N–C) groups is 1. The molecule has 1 aromatic rings. The molecule has 7 heteroatoms. The summed E-state index contributed by atoms with van der Waals surface area (Å²) < 4.78 is 13.9. The number of carbonyl (C=O) groups is 1. The van der Waals surface area contributed by atoms with Crippen molar-refractivity contribution >= 4 is 29.1 Å². The maximum atomic E-state index is 13.9. The molecule has 1 aromatic carbocycles. The molecule has 0 bridgehead atoms. The summed E-state index contributed by atoms with van der Waals surface area (Å²) in [5.41, 5.74) is 3.94. The second-order valence-corrected chi connectivity index (χ2v) is 5.85. The molecule has 0 aromatic heterocycles. The van der Waals surface area contributed by atoms with Crippen LogP contribution in [0.3, 0.4) is 0 Å². The van der Waals surface area contributed by atoms with E-state index in [2.05, 4.69) is 20.8 Å². The lowest BCUT2D eigenvalue weighted by molar-refractivity contribution is -0.116. The van der Waals surface area contributed by atoms with Crippen LogP contribution >= 0.6 is 11.6 Å². The summed E-state index contributed by atoms with van der Waals surface area (Å²) in [4.78, 5) is 16.3. The van der Waals surface area contributed by atoms with Gasteiger partial charge in [-0.15, -0.1) is 0 Å². The minimum absolute atomic E-state index is 0.171. The maximum absolute atomic E-state index is 13.9. The molecule has 5 nitrogen and oxygen atoms in total. The molecule has 2 N–H and O–H groups in total. The summed E-state index contributed by atoms with van der Waals surface area (Å²) in [6, 6.07) is 4.55. The van der Waals surface area contributed by atoms with E-state index in [1.807, 2.05) is 13.8 Å². The van der Waals surface area contributed by atoms with E-state index < -0.39 is 5.82 Å². The quantitative estimate of drug-likeness (QED) is 0.504. The molecule has 0 radical (unpaired) electrons. The highest BCUT2D eigenvalue weighted by Crippen LogP contribution is 2.21. The van der Waals surface area contributed by atoms with Gasteiger partial charge in [-0.2, -0.15) is 5.10 Å². The maximum Gasteiger partial charge on any atom is 0.274 e. The second kappa shape index (κ2) is 7.37. The van der Waals surface area contributed by atoms with Crippen LogP contribution in [-0.4, -0.2) is 23.5 Å². The van der Waals surface area contributed by atoms with Crippen LogP contribution in [0.4, 0.5) is 4.39 Å². The van der Waals surface area contributed by atoms with E-state index >= 15 is 0 Å². The summed E-state index contributed by atoms with van der Waals surface area (Å²) in [6.07, 6.45) is 2.05. The van der Waals surface area contributed by atoms with Crippen LogP contribution in [0.25, 0.3) is 0 Å². The van der Waals surface area contributed by atoms with Crippen LogP contribution in [0.15, 0.2) is 40.1 Å². The van der Waals surface area contributed by atoms with Crippen molar-refractivity contribution in [1.82, 2.24) is 10.7 Å². The molecule has 0 fully saturated rings. The molecule has 0 unspecified atom stereocenters. The summed E-state index contributed by atoms with van der Waals surface area (Å²) in [7, 11) is 0. The third kappa shape index (κ3) is 4.63. The number of carbonyl (C=O) groups excluding carboxylic acids is 1. The van der Waals surface area contributed by atoms with E-state index in [0.717, 1.165) is 0 Å². The number of allylic oxidation sites excluding steroid dienone is 1. The number of rotatable bonds is 4. The van der Waals surface area contributed by atoms with Crippen molar-refractivity contribution in [3.05, 3.63) is 46.4 Å². The van der Waals surface area contributed by atoms with Crippen molar-refractivity contribution in [3.8, 4) is 0 Å². The highest BCUT2D eigenvalue weighted by Gasteiger charge is 2.19. The van der Waals surface area contributed by atoms with Crippen LogP contribution in [0, 0.1) is 5.82 Å². The van der Waals surface area contributed by atoms with Gasteiger partial charge in [0.05, 0.1) is 5.71 Å². The number of amides is 1.